The molecular weight excluding hydrogens is 342 g/mol. The van der Waals surface area contributed by atoms with Crippen molar-refractivity contribution in [1.29, 1.82) is 0 Å². The van der Waals surface area contributed by atoms with Gasteiger partial charge in [-0.2, -0.15) is 4.98 Å². The molecule has 0 saturated heterocycles. The van der Waals surface area contributed by atoms with Gasteiger partial charge in [0.25, 0.3) is 0 Å². The van der Waals surface area contributed by atoms with Crippen LogP contribution in [0.3, 0.4) is 0 Å². The van der Waals surface area contributed by atoms with Gasteiger partial charge in [-0.1, -0.05) is 16.8 Å². The maximum absolute atomic E-state index is 5.87. The van der Waals surface area contributed by atoms with E-state index in [0.29, 0.717) is 23.3 Å². The minimum atomic E-state index is -0.0129. The minimum Gasteiger partial charge on any atom is -0.489 e. The Morgan fingerprint density at radius 2 is 2.08 bits per heavy atom. The molecular formula is C17H24ClN5O2. The lowest BCUT2D eigenvalue weighted by Gasteiger charge is -2.17. The number of ether oxygens (including phenoxy) is 1. The number of halogens is 1. The smallest absolute Gasteiger partial charge is 0.226 e. The SMILES string of the molecule is CN=C(NCCCc1nc(C)no1)NCC(C)Oc1ccc(Cl)cc1. The quantitative estimate of drug-likeness (QED) is 0.425. The molecule has 0 radical (unpaired) electrons. The molecule has 2 N–H and O–H groups in total. The second kappa shape index (κ2) is 9.88. The third-order valence-corrected chi connectivity index (χ3v) is 3.61. The first kappa shape index (κ1) is 19.1. The Hall–Kier alpha value is -2.28. The van der Waals surface area contributed by atoms with Crippen molar-refractivity contribution >= 4 is 17.6 Å². The lowest BCUT2D eigenvalue weighted by molar-refractivity contribution is 0.224. The monoisotopic (exact) mass is 365 g/mol. The molecule has 0 saturated carbocycles. The highest BCUT2D eigenvalue weighted by Crippen LogP contribution is 2.16. The molecule has 0 bridgehead atoms. The second-order valence-electron chi connectivity index (χ2n) is 5.60. The van der Waals surface area contributed by atoms with E-state index in [0.717, 1.165) is 31.1 Å². The topological polar surface area (TPSA) is 84.6 Å². The van der Waals surface area contributed by atoms with Gasteiger partial charge in [0.2, 0.25) is 5.89 Å². The Morgan fingerprint density at radius 3 is 2.72 bits per heavy atom. The molecule has 0 spiro atoms. The van der Waals surface area contributed by atoms with E-state index in [2.05, 4.69) is 25.8 Å². The summed E-state index contributed by atoms with van der Waals surface area (Å²) < 4.78 is 10.9. The Labute approximate surface area is 152 Å². The van der Waals surface area contributed by atoms with E-state index in [4.69, 9.17) is 20.9 Å². The number of benzene rings is 1. The number of hydrogen-bond donors (Lipinski definition) is 2. The first-order valence-electron chi connectivity index (χ1n) is 8.22. The van der Waals surface area contributed by atoms with Crippen molar-refractivity contribution in [1.82, 2.24) is 20.8 Å². The Morgan fingerprint density at radius 1 is 1.32 bits per heavy atom. The number of aryl methyl sites for hydroxylation is 2. The summed E-state index contributed by atoms with van der Waals surface area (Å²) >= 11 is 5.87. The van der Waals surface area contributed by atoms with E-state index in [1.807, 2.05) is 38.1 Å². The molecule has 0 amide bonds. The van der Waals surface area contributed by atoms with Gasteiger partial charge in [0, 0.05) is 25.0 Å². The first-order valence-corrected chi connectivity index (χ1v) is 8.60. The van der Waals surface area contributed by atoms with Crippen molar-refractivity contribution in [3.63, 3.8) is 0 Å². The molecule has 1 aromatic heterocycles. The summed E-state index contributed by atoms with van der Waals surface area (Å²) in [5, 5.41) is 11.0. The van der Waals surface area contributed by atoms with Gasteiger partial charge in [-0.15, -0.1) is 0 Å². The molecule has 136 valence electrons. The average molecular weight is 366 g/mol. The predicted octanol–water partition coefficient (Wildman–Crippen LogP) is 2.60. The van der Waals surface area contributed by atoms with Crippen molar-refractivity contribution in [3.05, 3.63) is 41.0 Å². The second-order valence-corrected chi connectivity index (χ2v) is 6.04. The third kappa shape index (κ3) is 7.01. The van der Waals surface area contributed by atoms with Gasteiger partial charge < -0.3 is 19.9 Å². The standard InChI is InChI=1S/C17H24ClN5O2/c1-12(24-15-8-6-14(18)7-9-15)11-21-17(19-3)20-10-4-5-16-22-13(2)23-25-16/h6-9,12H,4-5,10-11H2,1-3H3,(H2,19,20,21). The first-order chi connectivity index (χ1) is 12.1. The predicted molar refractivity (Wildman–Crippen MR) is 98.3 cm³/mol. The van der Waals surface area contributed by atoms with Gasteiger partial charge in [-0.05, 0) is 44.5 Å². The average Bonchev–Trinajstić information content (AvgIpc) is 3.01. The summed E-state index contributed by atoms with van der Waals surface area (Å²) in [6.45, 7) is 5.19. The molecule has 7 nitrogen and oxygen atoms in total. The van der Waals surface area contributed by atoms with Crippen molar-refractivity contribution in [3.8, 4) is 5.75 Å². The van der Waals surface area contributed by atoms with E-state index < -0.39 is 0 Å². The van der Waals surface area contributed by atoms with Crippen LogP contribution in [0.5, 0.6) is 5.75 Å². The normalized spacial score (nSPS) is 12.7. The molecule has 1 heterocycles. The molecule has 1 atom stereocenters. The van der Waals surface area contributed by atoms with Crippen LogP contribution < -0.4 is 15.4 Å². The summed E-state index contributed by atoms with van der Waals surface area (Å²) in [5.74, 6) is 2.84. The van der Waals surface area contributed by atoms with Gasteiger partial charge in [0.1, 0.15) is 11.9 Å². The lowest BCUT2D eigenvalue weighted by atomic mass is 10.3. The zero-order valence-electron chi connectivity index (χ0n) is 14.8. The van der Waals surface area contributed by atoms with Gasteiger partial charge in [-0.25, -0.2) is 0 Å². The summed E-state index contributed by atoms with van der Waals surface area (Å²) in [5.41, 5.74) is 0. The van der Waals surface area contributed by atoms with Gasteiger partial charge >= 0.3 is 0 Å². The fourth-order valence-electron chi connectivity index (χ4n) is 2.14. The van der Waals surface area contributed by atoms with Crippen molar-refractivity contribution in [2.24, 2.45) is 4.99 Å². The number of guanidine groups is 1. The lowest BCUT2D eigenvalue weighted by Crippen LogP contribution is -2.42. The van der Waals surface area contributed by atoms with Crippen LogP contribution in [0.2, 0.25) is 5.02 Å². The molecule has 0 aliphatic heterocycles. The van der Waals surface area contributed by atoms with Crippen LogP contribution in [0.1, 0.15) is 25.1 Å². The molecule has 0 fully saturated rings. The zero-order valence-corrected chi connectivity index (χ0v) is 15.5. The highest BCUT2D eigenvalue weighted by Gasteiger charge is 2.06. The van der Waals surface area contributed by atoms with Crippen LogP contribution in [-0.4, -0.2) is 42.3 Å². The summed E-state index contributed by atoms with van der Waals surface area (Å²) in [7, 11) is 1.74. The van der Waals surface area contributed by atoms with Crippen LogP contribution in [0.4, 0.5) is 0 Å². The van der Waals surface area contributed by atoms with E-state index in [-0.39, 0.29) is 6.10 Å². The molecule has 0 aliphatic rings. The number of aromatic nitrogens is 2. The molecule has 1 aromatic carbocycles. The van der Waals surface area contributed by atoms with Crippen LogP contribution in [0.15, 0.2) is 33.8 Å². The van der Waals surface area contributed by atoms with E-state index >= 15 is 0 Å². The van der Waals surface area contributed by atoms with Gasteiger partial charge in [0.05, 0.1) is 6.54 Å². The molecule has 8 heteroatoms. The minimum absolute atomic E-state index is 0.0129. The Kier molecular flexibility index (Phi) is 7.53. The fraction of sp³-hybridized carbons (Fsp3) is 0.471. The van der Waals surface area contributed by atoms with Crippen molar-refractivity contribution in [2.75, 3.05) is 20.1 Å². The number of nitrogens with zero attached hydrogens (tertiary/aromatic N) is 3. The number of nitrogens with one attached hydrogen (secondary N) is 2. The number of aliphatic imine (C=N–C) groups is 1. The van der Waals surface area contributed by atoms with E-state index in [1.165, 1.54) is 0 Å². The number of rotatable bonds is 8. The molecule has 1 unspecified atom stereocenters. The fourth-order valence-corrected chi connectivity index (χ4v) is 2.26. The molecule has 2 aromatic rings. The van der Waals surface area contributed by atoms with Crippen molar-refractivity contribution < 1.29 is 9.26 Å². The molecule has 2 rings (SSSR count). The highest BCUT2D eigenvalue weighted by atomic mass is 35.5. The third-order valence-electron chi connectivity index (χ3n) is 3.36. The number of hydrogen-bond acceptors (Lipinski definition) is 5. The largest absolute Gasteiger partial charge is 0.489 e. The zero-order chi connectivity index (χ0) is 18.1. The van der Waals surface area contributed by atoms with Crippen LogP contribution in [-0.2, 0) is 6.42 Å². The Bertz CT molecular complexity index is 672. The van der Waals surface area contributed by atoms with Gasteiger partial charge in [-0.3, -0.25) is 4.99 Å². The van der Waals surface area contributed by atoms with E-state index in [1.54, 1.807) is 7.05 Å². The maximum atomic E-state index is 5.87. The Balaban J connectivity index is 1.64. The molecule has 25 heavy (non-hydrogen) atoms. The van der Waals surface area contributed by atoms with E-state index in [9.17, 15) is 0 Å². The summed E-state index contributed by atoms with van der Waals surface area (Å²) in [4.78, 5) is 8.37. The van der Waals surface area contributed by atoms with Crippen LogP contribution in [0.25, 0.3) is 0 Å². The van der Waals surface area contributed by atoms with Crippen LogP contribution in [0, 0.1) is 6.92 Å². The molecule has 0 aliphatic carbocycles. The maximum Gasteiger partial charge on any atom is 0.226 e. The van der Waals surface area contributed by atoms with Crippen LogP contribution >= 0.6 is 11.6 Å². The summed E-state index contributed by atoms with van der Waals surface area (Å²) in [6.07, 6.45) is 1.60. The summed E-state index contributed by atoms with van der Waals surface area (Å²) in [6, 6.07) is 7.32. The van der Waals surface area contributed by atoms with Crippen molar-refractivity contribution in [2.45, 2.75) is 32.8 Å². The van der Waals surface area contributed by atoms with Gasteiger partial charge in [0.15, 0.2) is 11.8 Å². The highest BCUT2D eigenvalue weighted by molar-refractivity contribution is 6.30.